The van der Waals surface area contributed by atoms with Crippen LogP contribution in [0.4, 0.5) is 0 Å². The zero-order valence-corrected chi connectivity index (χ0v) is 6.09. The summed E-state index contributed by atoms with van der Waals surface area (Å²) < 4.78 is 0. The predicted octanol–water partition coefficient (Wildman–Crippen LogP) is 1.73. The maximum absolute atomic E-state index is 10.9. The van der Waals surface area contributed by atoms with Crippen molar-refractivity contribution in [3.8, 4) is 0 Å². The Balaban J connectivity index is 2.76. The average Bonchev–Trinajstić information content (AvgIpc) is 1.96. The molecule has 0 fully saturated rings. The van der Waals surface area contributed by atoms with Gasteiger partial charge >= 0.3 is 0 Å². The molecule has 1 atom stereocenters. The van der Waals surface area contributed by atoms with Gasteiger partial charge in [0.25, 0.3) is 0 Å². The lowest BCUT2D eigenvalue weighted by Gasteiger charge is -2.41. The van der Waals surface area contributed by atoms with Gasteiger partial charge < -0.3 is 10.3 Å². The summed E-state index contributed by atoms with van der Waals surface area (Å²) in [7, 11) is 0. The Morgan fingerprint density at radius 1 is 1.56 bits per heavy atom. The Morgan fingerprint density at radius 3 is 2.22 bits per heavy atom. The van der Waals surface area contributed by atoms with Crippen molar-refractivity contribution in [1.29, 1.82) is 0 Å². The van der Waals surface area contributed by atoms with E-state index in [1.165, 1.54) is 0 Å². The molecule has 0 N–H and O–H groups in total. The van der Waals surface area contributed by atoms with Crippen LogP contribution in [0.15, 0.2) is 12.3 Å². The van der Waals surface area contributed by atoms with E-state index in [4.69, 9.17) is 0 Å². The van der Waals surface area contributed by atoms with E-state index in [0.717, 1.165) is 5.06 Å². The van der Waals surface area contributed by atoms with E-state index in [-0.39, 0.29) is 5.54 Å². The van der Waals surface area contributed by atoms with Crippen LogP contribution in [0.5, 0.6) is 0 Å². The van der Waals surface area contributed by atoms with Crippen molar-refractivity contribution >= 4 is 0 Å². The lowest BCUT2D eigenvalue weighted by Crippen LogP contribution is -2.36. The fourth-order valence-electron chi connectivity index (χ4n) is 0.836. The molecule has 0 bridgehead atoms. The number of nitrogens with zero attached hydrogens (tertiary/aromatic N) is 1. The van der Waals surface area contributed by atoms with Crippen LogP contribution in [-0.2, 0) is 0 Å². The van der Waals surface area contributed by atoms with Crippen molar-refractivity contribution in [3.63, 3.8) is 0 Å². The fourth-order valence-corrected chi connectivity index (χ4v) is 0.836. The van der Waals surface area contributed by atoms with E-state index in [0.29, 0.717) is 5.92 Å². The van der Waals surface area contributed by atoms with E-state index < -0.39 is 0 Å². The first-order chi connectivity index (χ1) is 4.05. The van der Waals surface area contributed by atoms with Gasteiger partial charge in [-0.15, -0.1) is 0 Å². The number of rotatable bonds is 0. The average molecular weight is 126 g/mol. The number of hydrogen-bond donors (Lipinski definition) is 0. The molecule has 1 heterocycles. The minimum absolute atomic E-state index is 0.222. The monoisotopic (exact) mass is 126 g/mol. The van der Waals surface area contributed by atoms with E-state index in [9.17, 15) is 5.21 Å². The van der Waals surface area contributed by atoms with Gasteiger partial charge in [0, 0.05) is 5.54 Å². The molecule has 2 heteroatoms. The first-order valence-electron chi connectivity index (χ1n) is 3.20. The molecule has 0 radical (unpaired) electrons. The summed E-state index contributed by atoms with van der Waals surface area (Å²) >= 11 is 0. The van der Waals surface area contributed by atoms with Crippen LogP contribution in [0.3, 0.4) is 0 Å². The topological polar surface area (TPSA) is 26.3 Å². The van der Waals surface area contributed by atoms with Crippen LogP contribution < -0.4 is 0 Å². The van der Waals surface area contributed by atoms with Crippen LogP contribution in [0.1, 0.15) is 20.8 Å². The summed E-state index contributed by atoms with van der Waals surface area (Å²) in [5, 5.41) is 11.9. The molecule has 0 saturated carbocycles. The second-order valence-electron chi connectivity index (χ2n) is 3.11. The van der Waals surface area contributed by atoms with Gasteiger partial charge in [-0.05, 0) is 26.0 Å². The van der Waals surface area contributed by atoms with Crippen LogP contribution in [0.25, 0.3) is 0 Å². The Kier molecular flexibility index (Phi) is 1.28. The molecular formula is C7H12NO-. The van der Waals surface area contributed by atoms with Gasteiger partial charge in [0.15, 0.2) is 0 Å². The summed E-state index contributed by atoms with van der Waals surface area (Å²) in [6.07, 6.45) is 3.54. The Bertz CT molecular complexity index is 126. The van der Waals surface area contributed by atoms with Gasteiger partial charge in [-0.25, -0.2) is 0 Å². The summed E-state index contributed by atoms with van der Waals surface area (Å²) in [5.74, 6) is 0.370. The van der Waals surface area contributed by atoms with E-state index in [2.05, 4.69) is 6.92 Å². The summed E-state index contributed by atoms with van der Waals surface area (Å²) in [5.41, 5.74) is -0.222. The van der Waals surface area contributed by atoms with Crippen molar-refractivity contribution in [2.75, 3.05) is 0 Å². The van der Waals surface area contributed by atoms with E-state index in [1.807, 2.05) is 19.9 Å². The molecule has 9 heavy (non-hydrogen) atoms. The lowest BCUT2D eigenvalue weighted by atomic mass is 9.92. The van der Waals surface area contributed by atoms with Crippen molar-refractivity contribution in [1.82, 2.24) is 5.06 Å². The molecule has 2 nitrogen and oxygen atoms in total. The van der Waals surface area contributed by atoms with E-state index in [1.54, 1.807) is 6.20 Å². The third-order valence-corrected chi connectivity index (χ3v) is 2.19. The maximum atomic E-state index is 10.9. The molecule has 0 aromatic heterocycles. The molecular weight excluding hydrogens is 114 g/mol. The molecule has 1 rings (SSSR count). The Morgan fingerprint density at radius 2 is 2.11 bits per heavy atom. The van der Waals surface area contributed by atoms with Crippen LogP contribution in [-0.4, -0.2) is 10.6 Å². The highest BCUT2D eigenvalue weighted by atomic mass is 16.5. The quantitative estimate of drug-likeness (QED) is 0.494. The minimum Gasteiger partial charge on any atom is -0.758 e. The molecule has 0 aromatic rings. The smallest absolute Gasteiger partial charge is 0.0288 e. The fraction of sp³-hybridized carbons (Fsp3) is 0.714. The number of hydroxylamine groups is 2. The van der Waals surface area contributed by atoms with Gasteiger partial charge in [-0.3, -0.25) is 0 Å². The zero-order valence-electron chi connectivity index (χ0n) is 6.09. The summed E-state index contributed by atoms with van der Waals surface area (Å²) in [4.78, 5) is 0. The largest absolute Gasteiger partial charge is 0.758 e. The predicted molar refractivity (Wildman–Crippen MR) is 37.6 cm³/mol. The molecule has 0 spiro atoms. The summed E-state index contributed by atoms with van der Waals surface area (Å²) in [6.45, 7) is 5.95. The molecule has 1 aliphatic rings. The molecule has 0 amide bonds. The third kappa shape index (κ3) is 0.833. The molecule has 0 aliphatic carbocycles. The van der Waals surface area contributed by atoms with Crippen molar-refractivity contribution in [3.05, 3.63) is 17.5 Å². The van der Waals surface area contributed by atoms with Crippen molar-refractivity contribution in [2.24, 2.45) is 5.92 Å². The molecule has 1 aliphatic heterocycles. The summed E-state index contributed by atoms with van der Waals surface area (Å²) in [6, 6.07) is 0. The standard InChI is InChI=1S/C7H12NO/c1-6-4-5-8(9)7(6,2)3/h4-6H,1-3H3/q-1. The Hall–Kier alpha value is -0.500. The van der Waals surface area contributed by atoms with Gasteiger partial charge in [-0.2, -0.15) is 0 Å². The first-order valence-corrected chi connectivity index (χ1v) is 3.20. The second-order valence-corrected chi connectivity index (χ2v) is 3.11. The first kappa shape index (κ1) is 6.62. The van der Waals surface area contributed by atoms with Crippen molar-refractivity contribution in [2.45, 2.75) is 26.3 Å². The SMILES string of the molecule is CC1C=CN([O-])C1(C)C. The molecule has 0 aromatic carbocycles. The molecule has 52 valence electrons. The molecule has 0 saturated heterocycles. The normalized spacial score (nSPS) is 31.6. The van der Waals surface area contributed by atoms with Gasteiger partial charge in [0.1, 0.15) is 0 Å². The van der Waals surface area contributed by atoms with Gasteiger partial charge in [0.2, 0.25) is 0 Å². The maximum Gasteiger partial charge on any atom is 0.0288 e. The number of hydrogen-bond acceptors (Lipinski definition) is 2. The van der Waals surface area contributed by atoms with E-state index >= 15 is 0 Å². The van der Waals surface area contributed by atoms with Gasteiger partial charge in [-0.1, -0.05) is 13.0 Å². The third-order valence-electron chi connectivity index (χ3n) is 2.19. The van der Waals surface area contributed by atoms with Crippen LogP contribution in [0, 0.1) is 11.1 Å². The Labute approximate surface area is 55.7 Å². The highest BCUT2D eigenvalue weighted by Gasteiger charge is 2.27. The lowest BCUT2D eigenvalue weighted by molar-refractivity contribution is 0.228. The van der Waals surface area contributed by atoms with Gasteiger partial charge in [0.05, 0.1) is 0 Å². The highest BCUT2D eigenvalue weighted by Crippen LogP contribution is 2.30. The van der Waals surface area contributed by atoms with Crippen LogP contribution in [0.2, 0.25) is 0 Å². The second kappa shape index (κ2) is 1.74. The van der Waals surface area contributed by atoms with Crippen molar-refractivity contribution < 1.29 is 0 Å². The minimum atomic E-state index is -0.222. The zero-order chi connectivity index (χ0) is 7.07. The highest BCUT2D eigenvalue weighted by molar-refractivity contribution is 5.08. The molecule has 1 unspecified atom stereocenters. The van der Waals surface area contributed by atoms with Crippen LogP contribution >= 0.6 is 0 Å².